The number of nitrogens with one attached hydrogen (secondary N) is 1. The first-order valence-corrected chi connectivity index (χ1v) is 12.2. The summed E-state index contributed by atoms with van der Waals surface area (Å²) in [7, 11) is 0. The summed E-state index contributed by atoms with van der Waals surface area (Å²) in [6.07, 6.45) is 2.73. The molecular weight excluding hydrogens is 464 g/mol. The third kappa shape index (κ3) is 6.63. The molecule has 2 aromatic carbocycles. The molecule has 2 heterocycles. The lowest BCUT2D eigenvalue weighted by atomic mass is 10.0. The van der Waals surface area contributed by atoms with E-state index in [-0.39, 0.29) is 11.9 Å². The minimum absolute atomic E-state index is 0.0227. The van der Waals surface area contributed by atoms with Gasteiger partial charge in [-0.1, -0.05) is 54.1 Å². The first-order chi connectivity index (χ1) is 16.7. The zero-order chi connectivity index (χ0) is 25.0. The summed E-state index contributed by atoms with van der Waals surface area (Å²) in [4.78, 5) is 27.5. The van der Waals surface area contributed by atoms with Gasteiger partial charge in [-0.05, 0) is 51.3 Å². The van der Waals surface area contributed by atoms with Crippen LogP contribution < -0.4 is 5.32 Å². The highest BCUT2D eigenvalue weighted by atomic mass is 35.5. The standard InChI is InChI=1S/C27H31ClN4O3/c1-27(2,3)35-26(34)29-22-13-15-31(16-14-22)25(33)23-18-32(17-19-7-5-4-6-8-19)30-24(23)20-9-11-21(28)12-10-20/h4-12,18,22H,13-17H2,1-3H3,(H,29,34). The SMILES string of the molecule is CC(C)(C)OC(=O)NC1CCN(C(=O)c2cn(Cc3ccccc3)nc2-c2ccc(Cl)cc2)CC1. The zero-order valence-corrected chi connectivity index (χ0v) is 21.1. The monoisotopic (exact) mass is 494 g/mol. The van der Waals surface area contributed by atoms with E-state index in [1.54, 1.807) is 12.1 Å². The Balaban J connectivity index is 1.49. The van der Waals surface area contributed by atoms with Crippen LogP contribution in [0.1, 0.15) is 49.5 Å². The van der Waals surface area contributed by atoms with Crippen LogP contribution in [0.2, 0.25) is 5.02 Å². The maximum absolute atomic E-state index is 13.6. The Morgan fingerprint density at radius 1 is 1.06 bits per heavy atom. The lowest BCUT2D eigenvalue weighted by Gasteiger charge is -2.32. The van der Waals surface area contributed by atoms with Gasteiger partial charge in [-0.2, -0.15) is 5.10 Å². The van der Waals surface area contributed by atoms with Gasteiger partial charge in [-0.15, -0.1) is 0 Å². The Morgan fingerprint density at radius 3 is 2.34 bits per heavy atom. The van der Waals surface area contributed by atoms with Crippen LogP contribution >= 0.6 is 11.6 Å². The van der Waals surface area contributed by atoms with E-state index in [9.17, 15) is 9.59 Å². The highest BCUT2D eigenvalue weighted by molar-refractivity contribution is 6.30. The van der Waals surface area contributed by atoms with Crippen molar-refractivity contribution in [1.29, 1.82) is 0 Å². The molecule has 0 aliphatic carbocycles. The minimum atomic E-state index is -0.543. The summed E-state index contributed by atoms with van der Waals surface area (Å²) in [6, 6.07) is 17.4. The molecule has 0 unspecified atom stereocenters. The first kappa shape index (κ1) is 24.8. The second kappa shape index (κ2) is 10.5. The fourth-order valence-corrected chi connectivity index (χ4v) is 4.25. The fourth-order valence-electron chi connectivity index (χ4n) is 4.12. The summed E-state index contributed by atoms with van der Waals surface area (Å²) in [5, 5.41) is 8.31. The van der Waals surface area contributed by atoms with Crippen molar-refractivity contribution in [3.63, 3.8) is 0 Å². The van der Waals surface area contributed by atoms with Gasteiger partial charge in [-0.25, -0.2) is 4.79 Å². The molecule has 35 heavy (non-hydrogen) atoms. The van der Waals surface area contributed by atoms with Gasteiger partial charge in [0.25, 0.3) is 5.91 Å². The summed E-state index contributed by atoms with van der Waals surface area (Å²) >= 11 is 6.08. The average molecular weight is 495 g/mol. The van der Waals surface area contributed by atoms with Crippen LogP contribution in [0.3, 0.4) is 0 Å². The fraction of sp³-hybridized carbons (Fsp3) is 0.370. The highest BCUT2D eigenvalue weighted by Crippen LogP contribution is 2.26. The Hall–Kier alpha value is -3.32. The first-order valence-electron chi connectivity index (χ1n) is 11.8. The van der Waals surface area contributed by atoms with E-state index >= 15 is 0 Å². The molecule has 1 aliphatic heterocycles. The summed E-state index contributed by atoms with van der Waals surface area (Å²) in [5.41, 5.74) is 2.59. The van der Waals surface area contributed by atoms with Crippen molar-refractivity contribution in [3.05, 3.63) is 76.9 Å². The molecule has 0 saturated carbocycles. The number of piperidine rings is 1. The summed E-state index contributed by atoms with van der Waals surface area (Å²) in [6.45, 7) is 7.17. The van der Waals surface area contributed by atoms with E-state index < -0.39 is 11.7 Å². The van der Waals surface area contributed by atoms with E-state index in [2.05, 4.69) is 5.32 Å². The van der Waals surface area contributed by atoms with E-state index in [1.807, 2.05) is 79.0 Å². The van der Waals surface area contributed by atoms with E-state index in [1.165, 1.54) is 0 Å². The van der Waals surface area contributed by atoms with Crippen LogP contribution in [0.25, 0.3) is 11.3 Å². The Kier molecular flexibility index (Phi) is 7.45. The minimum Gasteiger partial charge on any atom is -0.444 e. The Morgan fingerprint density at radius 2 is 1.71 bits per heavy atom. The van der Waals surface area contributed by atoms with E-state index in [4.69, 9.17) is 21.4 Å². The summed E-state index contributed by atoms with van der Waals surface area (Å²) < 4.78 is 7.17. The van der Waals surface area contributed by atoms with E-state index in [0.717, 1.165) is 11.1 Å². The van der Waals surface area contributed by atoms with Crippen LogP contribution in [-0.2, 0) is 11.3 Å². The largest absolute Gasteiger partial charge is 0.444 e. The van der Waals surface area contributed by atoms with Crippen molar-refractivity contribution < 1.29 is 14.3 Å². The second-order valence-corrected chi connectivity index (χ2v) is 10.2. The number of hydrogen-bond donors (Lipinski definition) is 1. The van der Waals surface area contributed by atoms with Crippen LogP contribution in [0.4, 0.5) is 4.79 Å². The third-order valence-corrected chi connectivity index (χ3v) is 6.05. The highest BCUT2D eigenvalue weighted by Gasteiger charge is 2.29. The molecule has 1 fully saturated rings. The van der Waals surface area contributed by atoms with Crippen LogP contribution in [0.15, 0.2) is 60.8 Å². The molecular formula is C27H31ClN4O3. The normalized spacial score (nSPS) is 14.6. The number of nitrogens with zero attached hydrogens (tertiary/aromatic N) is 3. The van der Waals surface area contributed by atoms with Crippen molar-refractivity contribution in [2.24, 2.45) is 0 Å². The molecule has 1 N–H and O–H groups in total. The maximum atomic E-state index is 13.6. The number of rotatable bonds is 5. The Bertz CT molecular complexity index is 1160. The van der Waals surface area contributed by atoms with Gasteiger partial charge in [0.1, 0.15) is 11.3 Å². The Labute approximate surface area is 211 Å². The molecule has 7 nitrogen and oxygen atoms in total. The summed E-state index contributed by atoms with van der Waals surface area (Å²) in [5.74, 6) is -0.0648. The van der Waals surface area contributed by atoms with Crippen molar-refractivity contribution in [2.75, 3.05) is 13.1 Å². The molecule has 2 amide bonds. The molecule has 3 aromatic rings. The van der Waals surface area contributed by atoms with Crippen LogP contribution in [0, 0.1) is 0 Å². The molecule has 1 aromatic heterocycles. The van der Waals surface area contributed by atoms with Gasteiger partial charge in [0.05, 0.1) is 12.1 Å². The van der Waals surface area contributed by atoms with E-state index in [0.29, 0.717) is 48.8 Å². The number of ether oxygens (including phenoxy) is 1. The molecule has 184 valence electrons. The number of likely N-dealkylation sites (tertiary alicyclic amines) is 1. The van der Waals surface area contributed by atoms with Gasteiger partial charge in [0.15, 0.2) is 0 Å². The van der Waals surface area contributed by atoms with Gasteiger partial charge in [-0.3, -0.25) is 9.48 Å². The predicted molar refractivity (Wildman–Crippen MR) is 137 cm³/mol. The molecule has 0 atom stereocenters. The number of hydrogen-bond acceptors (Lipinski definition) is 4. The molecule has 0 radical (unpaired) electrons. The van der Waals surface area contributed by atoms with Crippen LogP contribution in [0.5, 0.6) is 0 Å². The van der Waals surface area contributed by atoms with Gasteiger partial charge < -0.3 is 15.0 Å². The van der Waals surface area contributed by atoms with Crippen molar-refractivity contribution >= 4 is 23.6 Å². The van der Waals surface area contributed by atoms with Gasteiger partial charge in [0, 0.05) is 35.9 Å². The maximum Gasteiger partial charge on any atom is 0.407 e. The van der Waals surface area contributed by atoms with Crippen molar-refractivity contribution in [1.82, 2.24) is 20.0 Å². The third-order valence-electron chi connectivity index (χ3n) is 5.80. The number of carbonyl (C=O) groups is 2. The number of benzene rings is 2. The van der Waals surface area contributed by atoms with Gasteiger partial charge >= 0.3 is 6.09 Å². The molecule has 0 spiro atoms. The number of amides is 2. The topological polar surface area (TPSA) is 76.5 Å². The quantitative estimate of drug-likeness (QED) is 0.516. The van der Waals surface area contributed by atoms with Crippen LogP contribution in [-0.4, -0.2) is 51.4 Å². The molecule has 8 heteroatoms. The van der Waals surface area contributed by atoms with Crippen molar-refractivity contribution in [3.8, 4) is 11.3 Å². The molecule has 1 aliphatic rings. The second-order valence-electron chi connectivity index (χ2n) is 9.79. The zero-order valence-electron chi connectivity index (χ0n) is 20.3. The van der Waals surface area contributed by atoms with Crippen molar-refractivity contribution in [2.45, 2.75) is 51.8 Å². The number of carbonyl (C=O) groups excluding carboxylic acids is 2. The lowest BCUT2D eigenvalue weighted by molar-refractivity contribution is 0.0473. The average Bonchev–Trinajstić information content (AvgIpc) is 3.22. The number of alkyl carbamates (subject to hydrolysis) is 1. The lowest BCUT2D eigenvalue weighted by Crippen LogP contribution is -2.47. The molecule has 1 saturated heterocycles. The number of halogens is 1. The smallest absolute Gasteiger partial charge is 0.407 e. The molecule has 4 rings (SSSR count). The van der Waals surface area contributed by atoms with Gasteiger partial charge in [0.2, 0.25) is 0 Å². The molecule has 0 bridgehead atoms. The predicted octanol–water partition coefficient (Wildman–Crippen LogP) is 5.38. The number of aromatic nitrogens is 2.